The number of aromatic nitrogens is 2. The second kappa shape index (κ2) is 5.33. The molecule has 3 rings (SSSR count). The van der Waals surface area contributed by atoms with E-state index in [1.165, 1.54) is 19.3 Å². The molecule has 0 spiro atoms. The first-order chi connectivity index (χ1) is 9.29. The van der Waals surface area contributed by atoms with E-state index in [0.29, 0.717) is 11.2 Å². The lowest BCUT2D eigenvalue weighted by Crippen LogP contribution is -2.40. The Bertz CT molecular complexity index is 585. The fraction of sp³-hybridized carbons (Fsp3) is 0.467. The molecule has 1 aliphatic rings. The molecule has 0 N–H and O–H groups in total. The Kier molecular flexibility index (Phi) is 3.56. The standard InChI is InChI=1S/C15H18ClN3/c1-2-11-7-5-6-10-19(11)15-14(16)17-12-8-3-4-9-13(12)18-15/h3-4,8-9,11H,2,5-7,10H2,1H3/t11-/m1/s1. The van der Waals surface area contributed by atoms with Crippen molar-refractivity contribution in [2.75, 3.05) is 11.4 Å². The van der Waals surface area contributed by atoms with Gasteiger partial charge in [-0.15, -0.1) is 0 Å². The molecule has 1 aromatic carbocycles. The van der Waals surface area contributed by atoms with Crippen LogP contribution >= 0.6 is 11.6 Å². The number of benzene rings is 1. The number of para-hydroxylation sites is 2. The molecule has 2 aromatic rings. The zero-order chi connectivity index (χ0) is 13.2. The first kappa shape index (κ1) is 12.7. The van der Waals surface area contributed by atoms with Gasteiger partial charge in [0.25, 0.3) is 0 Å². The Labute approximate surface area is 118 Å². The van der Waals surface area contributed by atoms with E-state index < -0.39 is 0 Å². The highest BCUT2D eigenvalue weighted by Crippen LogP contribution is 2.30. The topological polar surface area (TPSA) is 29.0 Å². The number of halogens is 1. The molecular formula is C15H18ClN3. The lowest BCUT2D eigenvalue weighted by molar-refractivity contribution is 0.447. The van der Waals surface area contributed by atoms with Crippen LogP contribution in [-0.4, -0.2) is 22.6 Å². The van der Waals surface area contributed by atoms with Crippen molar-refractivity contribution in [2.45, 2.75) is 38.6 Å². The van der Waals surface area contributed by atoms with Gasteiger partial charge in [-0.3, -0.25) is 0 Å². The third-order valence-corrected chi connectivity index (χ3v) is 4.14. The average molecular weight is 276 g/mol. The second-order valence-corrected chi connectivity index (χ2v) is 5.44. The zero-order valence-corrected chi connectivity index (χ0v) is 11.9. The van der Waals surface area contributed by atoms with Crippen LogP contribution in [0.3, 0.4) is 0 Å². The molecule has 0 unspecified atom stereocenters. The maximum Gasteiger partial charge on any atom is 0.172 e. The van der Waals surface area contributed by atoms with Crippen LogP contribution in [0, 0.1) is 0 Å². The Balaban J connectivity index is 2.05. The van der Waals surface area contributed by atoms with E-state index in [9.17, 15) is 0 Å². The van der Waals surface area contributed by atoms with Gasteiger partial charge in [0.05, 0.1) is 11.0 Å². The smallest absolute Gasteiger partial charge is 0.172 e. The van der Waals surface area contributed by atoms with E-state index in [4.69, 9.17) is 16.6 Å². The maximum atomic E-state index is 6.34. The molecule has 100 valence electrons. The summed E-state index contributed by atoms with van der Waals surface area (Å²) in [6, 6.07) is 8.44. The van der Waals surface area contributed by atoms with Crippen LogP contribution in [-0.2, 0) is 0 Å². The number of hydrogen-bond donors (Lipinski definition) is 0. The molecular weight excluding hydrogens is 258 g/mol. The third-order valence-electron chi connectivity index (χ3n) is 3.88. The second-order valence-electron chi connectivity index (χ2n) is 5.08. The predicted octanol–water partition coefficient (Wildman–Crippen LogP) is 4.05. The fourth-order valence-corrected chi connectivity index (χ4v) is 3.10. The van der Waals surface area contributed by atoms with Crippen LogP contribution in [0.1, 0.15) is 32.6 Å². The van der Waals surface area contributed by atoms with Gasteiger partial charge in [0.1, 0.15) is 0 Å². The minimum absolute atomic E-state index is 0.527. The molecule has 0 radical (unpaired) electrons. The van der Waals surface area contributed by atoms with Crippen molar-refractivity contribution < 1.29 is 0 Å². The molecule has 1 aromatic heterocycles. The van der Waals surface area contributed by atoms with Crippen molar-refractivity contribution in [3.8, 4) is 0 Å². The summed E-state index contributed by atoms with van der Waals surface area (Å²) in [4.78, 5) is 11.5. The molecule has 0 amide bonds. The predicted molar refractivity (Wildman–Crippen MR) is 79.8 cm³/mol. The van der Waals surface area contributed by atoms with Gasteiger partial charge in [-0.25, -0.2) is 9.97 Å². The monoisotopic (exact) mass is 275 g/mol. The lowest BCUT2D eigenvalue weighted by atomic mass is 10.0. The molecule has 0 aliphatic carbocycles. The van der Waals surface area contributed by atoms with E-state index >= 15 is 0 Å². The summed E-state index contributed by atoms with van der Waals surface area (Å²) < 4.78 is 0. The largest absolute Gasteiger partial charge is 0.351 e. The quantitative estimate of drug-likeness (QED) is 0.828. The normalized spacial score (nSPS) is 19.9. The summed E-state index contributed by atoms with van der Waals surface area (Å²) >= 11 is 6.34. The molecule has 0 bridgehead atoms. The fourth-order valence-electron chi connectivity index (χ4n) is 2.86. The van der Waals surface area contributed by atoms with Crippen LogP contribution in [0.15, 0.2) is 24.3 Å². The highest BCUT2D eigenvalue weighted by Gasteiger charge is 2.24. The van der Waals surface area contributed by atoms with Crippen LogP contribution in [0.25, 0.3) is 11.0 Å². The summed E-state index contributed by atoms with van der Waals surface area (Å²) in [7, 11) is 0. The van der Waals surface area contributed by atoms with E-state index in [-0.39, 0.29) is 0 Å². The van der Waals surface area contributed by atoms with Crippen LogP contribution in [0.4, 0.5) is 5.82 Å². The lowest BCUT2D eigenvalue weighted by Gasteiger charge is -2.36. The molecule has 2 heterocycles. The number of anilines is 1. The Morgan fingerprint density at radius 3 is 2.68 bits per heavy atom. The van der Waals surface area contributed by atoms with Gasteiger partial charge >= 0.3 is 0 Å². The van der Waals surface area contributed by atoms with Gasteiger partial charge in [-0.2, -0.15) is 0 Å². The first-order valence-electron chi connectivity index (χ1n) is 6.98. The van der Waals surface area contributed by atoms with Gasteiger partial charge in [-0.05, 0) is 37.8 Å². The summed E-state index contributed by atoms with van der Waals surface area (Å²) in [5.74, 6) is 0.854. The Hall–Kier alpha value is -1.35. The number of hydrogen-bond acceptors (Lipinski definition) is 3. The number of fused-ring (bicyclic) bond motifs is 1. The van der Waals surface area contributed by atoms with Crippen molar-refractivity contribution in [3.63, 3.8) is 0 Å². The zero-order valence-electron chi connectivity index (χ0n) is 11.1. The Morgan fingerprint density at radius 2 is 1.95 bits per heavy atom. The highest BCUT2D eigenvalue weighted by molar-refractivity contribution is 6.32. The number of nitrogens with zero attached hydrogens (tertiary/aromatic N) is 3. The molecule has 1 saturated heterocycles. The van der Waals surface area contributed by atoms with Crippen molar-refractivity contribution >= 4 is 28.5 Å². The molecule has 1 atom stereocenters. The third kappa shape index (κ3) is 2.39. The van der Waals surface area contributed by atoms with Crippen molar-refractivity contribution in [1.29, 1.82) is 0 Å². The molecule has 1 fully saturated rings. The van der Waals surface area contributed by atoms with Gasteiger partial charge < -0.3 is 4.90 Å². The average Bonchev–Trinajstić information content (AvgIpc) is 2.46. The molecule has 4 heteroatoms. The van der Waals surface area contributed by atoms with Crippen molar-refractivity contribution in [3.05, 3.63) is 29.4 Å². The maximum absolute atomic E-state index is 6.34. The summed E-state index contributed by atoms with van der Waals surface area (Å²) in [5, 5.41) is 0.527. The van der Waals surface area contributed by atoms with Crippen molar-refractivity contribution in [2.24, 2.45) is 0 Å². The number of piperidine rings is 1. The SMILES string of the molecule is CC[C@@H]1CCCCN1c1nc2ccccc2nc1Cl. The highest BCUT2D eigenvalue weighted by atomic mass is 35.5. The molecule has 1 aliphatic heterocycles. The van der Waals surface area contributed by atoms with E-state index in [1.807, 2.05) is 24.3 Å². The summed E-state index contributed by atoms with van der Waals surface area (Å²) in [6.45, 7) is 3.26. The first-order valence-corrected chi connectivity index (χ1v) is 7.36. The van der Waals surface area contributed by atoms with E-state index in [1.54, 1.807) is 0 Å². The van der Waals surface area contributed by atoms with Gasteiger partial charge in [0.15, 0.2) is 11.0 Å². The number of rotatable bonds is 2. The summed E-state index contributed by atoms with van der Waals surface area (Å²) in [6.07, 6.45) is 4.86. The van der Waals surface area contributed by atoms with E-state index in [2.05, 4.69) is 16.8 Å². The van der Waals surface area contributed by atoms with Gasteiger partial charge in [0.2, 0.25) is 0 Å². The minimum atomic E-state index is 0.527. The van der Waals surface area contributed by atoms with Crippen LogP contribution in [0.5, 0.6) is 0 Å². The minimum Gasteiger partial charge on any atom is -0.351 e. The van der Waals surface area contributed by atoms with Crippen molar-refractivity contribution in [1.82, 2.24) is 9.97 Å². The molecule has 19 heavy (non-hydrogen) atoms. The Morgan fingerprint density at radius 1 is 1.21 bits per heavy atom. The molecule has 0 saturated carbocycles. The van der Waals surface area contributed by atoms with Crippen LogP contribution < -0.4 is 4.90 Å². The summed E-state index contributed by atoms with van der Waals surface area (Å²) in [5.41, 5.74) is 1.78. The van der Waals surface area contributed by atoms with Crippen LogP contribution in [0.2, 0.25) is 5.15 Å². The van der Waals surface area contributed by atoms with Gasteiger partial charge in [-0.1, -0.05) is 30.7 Å². The van der Waals surface area contributed by atoms with Gasteiger partial charge in [0, 0.05) is 12.6 Å². The molecule has 3 nitrogen and oxygen atoms in total. The van der Waals surface area contributed by atoms with E-state index in [0.717, 1.165) is 29.8 Å².